The third kappa shape index (κ3) is 4.22. The molecular formula is C33H28ClNO4. The van der Waals surface area contributed by atoms with E-state index in [0.717, 1.165) is 39.9 Å². The Labute approximate surface area is 232 Å². The maximum Gasteiger partial charge on any atom is 0.231 e. The summed E-state index contributed by atoms with van der Waals surface area (Å²) in [7, 11) is 0. The van der Waals surface area contributed by atoms with Crippen LogP contribution in [0.5, 0.6) is 17.2 Å². The number of hydrogen-bond donors (Lipinski definition) is 1. The molecule has 0 saturated heterocycles. The number of carbonyl (C=O) groups excluding carboxylic acids is 1. The van der Waals surface area contributed by atoms with Gasteiger partial charge in [-0.15, -0.1) is 0 Å². The molecule has 196 valence electrons. The molecule has 0 radical (unpaired) electrons. The largest absolute Gasteiger partial charge is 0.489 e. The number of halogens is 1. The molecule has 4 aromatic carbocycles. The molecule has 1 atom stereocenters. The lowest BCUT2D eigenvalue weighted by Gasteiger charge is -2.40. The van der Waals surface area contributed by atoms with Crippen molar-refractivity contribution in [3.63, 3.8) is 0 Å². The molecule has 3 aliphatic rings. The summed E-state index contributed by atoms with van der Waals surface area (Å²) < 4.78 is 17.1. The van der Waals surface area contributed by atoms with Crippen LogP contribution in [0.25, 0.3) is 16.3 Å². The fraction of sp³-hybridized carbons (Fsp3) is 0.242. The summed E-state index contributed by atoms with van der Waals surface area (Å²) in [4.78, 5) is 13.7. The number of fused-ring (bicyclic) bond motifs is 5. The fourth-order valence-electron chi connectivity index (χ4n) is 6.10. The van der Waals surface area contributed by atoms with Crippen LogP contribution in [0.3, 0.4) is 0 Å². The van der Waals surface area contributed by atoms with E-state index in [1.807, 2.05) is 24.3 Å². The summed E-state index contributed by atoms with van der Waals surface area (Å²) in [6.45, 7) is 4.85. The predicted octanol–water partition coefficient (Wildman–Crippen LogP) is 8.11. The molecule has 0 amide bonds. The summed E-state index contributed by atoms with van der Waals surface area (Å²) in [6, 6.07) is 24.0. The van der Waals surface area contributed by atoms with Gasteiger partial charge < -0.3 is 19.5 Å². The van der Waals surface area contributed by atoms with Gasteiger partial charge in [0.05, 0.1) is 11.1 Å². The molecule has 7 rings (SSSR count). The van der Waals surface area contributed by atoms with Crippen LogP contribution >= 0.6 is 11.6 Å². The van der Waals surface area contributed by atoms with E-state index in [9.17, 15) is 4.79 Å². The summed E-state index contributed by atoms with van der Waals surface area (Å²) >= 11 is 6.46. The van der Waals surface area contributed by atoms with Gasteiger partial charge in [0.2, 0.25) is 6.79 Å². The van der Waals surface area contributed by atoms with E-state index in [2.05, 4.69) is 61.6 Å². The van der Waals surface area contributed by atoms with Gasteiger partial charge in [0, 0.05) is 34.9 Å². The number of benzene rings is 4. The fourth-order valence-corrected chi connectivity index (χ4v) is 6.31. The summed E-state index contributed by atoms with van der Waals surface area (Å²) in [5, 5.41) is 6.64. The molecule has 0 fully saturated rings. The maximum absolute atomic E-state index is 13.7. The van der Waals surface area contributed by atoms with Crippen LogP contribution in [0.1, 0.15) is 49.4 Å². The zero-order chi connectivity index (χ0) is 26.7. The van der Waals surface area contributed by atoms with Gasteiger partial charge in [0.15, 0.2) is 17.3 Å². The number of allylic oxidation sites excluding steroid dienone is 1. The Hall–Kier alpha value is -3.96. The standard InChI is InChI=1S/C33H28ClNO4/c1-33(2)15-24-30-23-9-4-3-6-19(23)10-11-26(30)35-32(31(24)27(36)16-33)20-7-5-8-22(12-20)37-17-21-13-28-29(14-25(21)34)39-18-38-28/h3-14,32,35H,15-18H2,1-2H3. The minimum atomic E-state index is -0.255. The molecule has 4 aromatic rings. The second-order valence-electron chi connectivity index (χ2n) is 11.3. The Morgan fingerprint density at radius 3 is 2.67 bits per heavy atom. The molecule has 0 aromatic heterocycles. The highest BCUT2D eigenvalue weighted by Crippen LogP contribution is 2.52. The predicted molar refractivity (Wildman–Crippen MR) is 154 cm³/mol. The monoisotopic (exact) mass is 537 g/mol. The number of ketones is 1. The maximum atomic E-state index is 13.7. The van der Waals surface area contributed by atoms with Gasteiger partial charge in [-0.05, 0) is 58.0 Å². The van der Waals surface area contributed by atoms with Crippen molar-refractivity contribution in [2.45, 2.75) is 39.3 Å². The van der Waals surface area contributed by atoms with Crippen molar-refractivity contribution in [1.29, 1.82) is 0 Å². The highest BCUT2D eigenvalue weighted by Gasteiger charge is 2.40. The minimum absolute atomic E-state index is 0.0964. The molecule has 1 unspecified atom stereocenters. The number of carbonyl (C=O) groups is 1. The van der Waals surface area contributed by atoms with Gasteiger partial charge in [-0.25, -0.2) is 0 Å². The molecular weight excluding hydrogens is 510 g/mol. The Morgan fingerprint density at radius 2 is 1.79 bits per heavy atom. The summed E-state index contributed by atoms with van der Waals surface area (Å²) in [5.41, 5.74) is 5.95. The Bertz CT molecular complexity index is 1690. The van der Waals surface area contributed by atoms with E-state index in [-0.39, 0.29) is 30.6 Å². The molecule has 0 bridgehead atoms. The lowest BCUT2D eigenvalue weighted by molar-refractivity contribution is -0.118. The van der Waals surface area contributed by atoms with Crippen LogP contribution in [0.2, 0.25) is 5.02 Å². The van der Waals surface area contributed by atoms with Gasteiger partial charge in [-0.1, -0.05) is 67.9 Å². The van der Waals surface area contributed by atoms with Crippen molar-refractivity contribution in [2.24, 2.45) is 5.41 Å². The average Bonchev–Trinajstić information content (AvgIpc) is 3.37. The number of Topliss-reactive ketones (excluding diaryl/α,β-unsaturated/α-hetero) is 1. The van der Waals surface area contributed by atoms with Crippen molar-refractivity contribution >= 4 is 39.4 Å². The molecule has 5 nitrogen and oxygen atoms in total. The van der Waals surface area contributed by atoms with Gasteiger partial charge >= 0.3 is 0 Å². The van der Waals surface area contributed by atoms with Crippen molar-refractivity contribution in [3.05, 3.63) is 100 Å². The zero-order valence-corrected chi connectivity index (χ0v) is 22.6. The molecule has 2 aliphatic heterocycles. The number of hydrogen-bond acceptors (Lipinski definition) is 5. The number of nitrogens with one attached hydrogen (secondary N) is 1. The van der Waals surface area contributed by atoms with E-state index in [1.165, 1.54) is 10.8 Å². The number of anilines is 1. The summed E-state index contributed by atoms with van der Waals surface area (Å²) in [5.74, 6) is 2.23. The Balaban J connectivity index is 1.26. The zero-order valence-electron chi connectivity index (χ0n) is 21.8. The molecule has 1 N–H and O–H groups in total. The lowest BCUT2D eigenvalue weighted by Crippen LogP contribution is -2.33. The SMILES string of the molecule is CC1(C)CC(=O)C2=C(C1)c1c(ccc3ccccc13)NC2c1cccc(OCc2cc3c(cc2Cl)OCO3)c1. The smallest absolute Gasteiger partial charge is 0.231 e. The highest BCUT2D eigenvalue weighted by atomic mass is 35.5. The first kappa shape index (κ1) is 24.1. The van der Waals surface area contributed by atoms with Crippen LogP contribution < -0.4 is 19.5 Å². The number of ether oxygens (including phenoxy) is 3. The van der Waals surface area contributed by atoms with Crippen LogP contribution in [0.15, 0.2) is 78.4 Å². The Kier molecular flexibility index (Phi) is 5.60. The van der Waals surface area contributed by atoms with Crippen molar-refractivity contribution < 1.29 is 19.0 Å². The first-order valence-electron chi connectivity index (χ1n) is 13.2. The topological polar surface area (TPSA) is 56.8 Å². The van der Waals surface area contributed by atoms with Crippen molar-refractivity contribution in [1.82, 2.24) is 0 Å². The molecule has 0 saturated carbocycles. The quantitative estimate of drug-likeness (QED) is 0.285. The first-order valence-corrected chi connectivity index (χ1v) is 13.6. The molecule has 6 heteroatoms. The van der Waals surface area contributed by atoms with Crippen LogP contribution in [0.4, 0.5) is 5.69 Å². The Morgan fingerprint density at radius 1 is 0.974 bits per heavy atom. The van der Waals surface area contributed by atoms with Crippen molar-refractivity contribution in [3.8, 4) is 17.2 Å². The van der Waals surface area contributed by atoms with Crippen LogP contribution in [0, 0.1) is 5.41 Å². The van der Waals surface area contributed by atoms with E-state index in [0.29, 0.717) is 28.7 Å². The molecule has 1 aliphatic carbocycles. The van der Waals surface area contributed by atoms with Gasteiger partial charge in [0.25, 0.3) is 0 Å². The van der Waals surface area contributed by atoms with Crippen molar-refractivity contribution in [2.75, 3.05) is 12.1 Å². The average molecular weight is 538 g/mol. The lowest BCUT2D eigenvalue weighted by atomic mass is 9.68. The van der Waals surface area contributed by atoms with Gasteiger partial charge in [0.1, 0.15) is 12.4 Å². The molecule has 2 heterocycles. The normalized spacial score (nSPS) is 18.9. The van der Waals surface area contributed by atoms with E-state index in [4.69, 9.17) is 25.8 Å². The van der Waals surface area contributed by atoms with E-state index >= 15 is 0 Å². The number of rotatable bonds is 4. The molecule has 39 heavy (non-hydrogen) atoms. The third-order valence-electron chi connectivity index (χ3n) is 7.87. The minimum Gasteiger partial charge on any atom is -0.489 e. The van der Waals surface area contributed by atoms with Crippen LogP contribution in [-0.4, -0.2) is 12.6 Å². The third-order valence-corrected chi connectivity index (χ3v) is 8.22. The first-order chi connectivity index (χ1) is 18.9. The van der Waals surface area contributed by atoms with Gasteiger partial charge in [-0.2, -0.15) is 0 Å². The van der Waals surface area contributed by atoms with Gasteiger partial charge in [-0.3, -0.25) is 4.79 Å². The van der Waals surface area contributed by atoms with Crippen LogP contribution in [-0.2, 0) is 11.4 Å². The summed E-state index contributed by atoms with van der Waals surface area (Å²) in [6.07, 6.45) is 1.38. The molecule has 0 spiro atoms. The second-order valence-corrected chi connectivity index (χ2v) is 11.7. The van der Waals surface area contributed by atoms with E-state index < -0.39 is 0 Å². The second kappa shape index (κ2) is 9.06. The van der Waals surface area contributed by atoms with E-state index in [1.54, 1.807) is 6.07 Å². The highest BCUT2D eigenvalue weighted by molar-refractivity contribution is 6.31.